The summed E-state index contributed by atoms with van der Waals surface area (Å²) in [6, 6.07) is 13.9. The van der Waals surface area contributed by atoms with Gasteiger partial charge in [-0.15, -0.1) is 0 Å². The van der Waals surface area contributed by atoms with E-state index < -0.39 is 11.0 Å². The van der Waals surface area contributed by atoms with E-state index in [1.54, 1.807) is 24.3 Å². The summed E-state index contributed by atoms with van der Waals surface area (Å²) in [5, 5.41) is 13.3. The van der Waals surface area contributed by atoms with Crippen molar-refractivity contribution in [1.82, 2.24) is 0 Å². The average molecular weight is 314 g/mol. The van der Waals surface area contributed by atoms with Gasteiger partial charge >= 0.3 is 6.09 Å². The molecule has 120 valence electrons. The molecule has 0 unspecified atom stereocenters. The summed E-state index contributed by atoms with van der Waals surface area (Å²) in [4.78, 5) is 21.7. The molecule has 0 aromatic heterocycles. The zero-order chi connectivity index (χ0) is 16.7. The number of nitro groups is 1. The van der Waals surface area contributed by atoms with E-state index in [4.69, 9.17) is 4.74 Å². The quantitative estimate of drug-likeness (QED) is 0.641. The van der Waals surface area contributed by atoms with Gasteiger partial charge in [0.15, 0.2) is 0 Å². The number of benzene rings is 2. The average Bonchev–Trinajstić information content (AvgIpc) is 2.55. The van der Waals surface area contributed by atoms with Gasteiger partial charge in [-0.1, -0.05) is 31.2 Å². The summed E-state index contributed by atoms with van der Waals surface area (Å²) >= 11 is 0. The lowest BCUT2D eigenvalue weighted by atomic mass is 10.0. The van der Waals surface area contributed by atoms with Gasteiger partial charge in [0, 0.05) is 17.8 Å². The minimum atomic E-state index is -0.463. The Hall–Kier alpha value is -2.89. The molecule has 0 aliphatic rings. The Bertz CT molecular complexity index is 666. The highest BCUT2D eigenvalue weighted by atomic mass is 16.6. The maximum absolute atomic E-state index is 11.4. The van der Waals surface area contributed by atoms with Crippen molar-refractivity contribution in [2.75, 3.05) is 11.9 Å². The Balaban J connectivity index is 1.94. The third kappa shape index (κ3) is 5.10. The molecule has 0 saturated carbocycles. The molecule has 2 aromatic rings. The van der Waals surface area contributed by atoms with Crippen molar-refractivity contribution in [3.63, 3.8) is 0 Å². The predicted octanol–water partition coefficient (Wildman–Crippen LogP) is 4.14. The van der Waals surface area contributed by atoms with Crippen LogP contribution in [0.4, 0.5) is 16.2 Å². The van der Waals surface area contributed by atoms with Crippen LogP contribution in [0.25, 0.3) is 0 Å². The van der Waals surface area contributed by atoms with Gasteiger partial charge in [-0.25, -0.2) is 4.79 Å². The zero-order valence-electron chi connectivity index (χ0n) is 12.8. The molecule has 6 heteroatoms. The maximum atomic E-state index is 11.4. The predicted molar refractivity (Wildman–Crippen MR) is 87.6 cm³/mol. The third-order valence-electron chi connectivity index (χ3n) is 3.19. The Morgan fingerprint density at radius 2 is 1.65 bits per heavy atom. The molecule has 0 atom stereocenters. The molecule has 2 rings (SSSR count). The largest absolute Gasteiger partial charge is 0.449 e. The van der Waals surface area contributed by atoms with Crippen LogP contribution in [0.1, 0.15) is 24.5 Å². The fraction of sp³-hybridized carbons (Fsp3) is 0.235. The fourth-order valence-corrected chi connectivity index (χ4v) is 2.03. The zero-order valence-corrected chi connectivity index (χ0v) is 12.8. The van der Waals surface area contributed by atoms with Crippen molar-refractivity contribution >= 4 is 17.5 Å². The molecule has 0 bridgehead atoms. The number of non-ortho nitro benzene ring substituents is 1. The van der Waals surface area contributed by atoms with E-state index in [1.165, 1.54) is 12.1 Å². The number of carbonyl (C=O) groups excluding carboxylic acids is 1. The van der Waals surface area contributed by atoms with Crippen LogP contribution in [0, 0.1) is 10.1 Å². The van der Waals surface area contributed by atoms with Gasteiger partial charge in [0.25, 0.3) is 5.69 Å². The first-order valence-electron chi connectivity index (χ1n) is 7.34. The number of ether oxygens (including phenoxy) is 1. The minimum absolute atomic E-state index is 0.0823. The van der Waals surface area contributed by atoms with Crippen LogP contribution < -0.4 is 5.32 Å². The van der Waals surface area contributed by atoms with E-state index in [0.717, 1.165) is 17.5 Å². The number of nitrogens with zero attached hydrogens (tertiary/aromatic N) is 1. The van der Waals surface area contributed by atoms with Gasteiger partial charge in [-0.3, -0.25) is 15.4 Å². The Kier molecular flexibility index (Phi) is 5.68. The molecule has 0 fully saturated rings. The van der Waals surface area contributed by atoms with Crippen molar-refractivity contribution in [2.24, 2.45) is 0 Å². The summed E-state index contributed by atoms with van der Waals surface area (Å²) in [5.74, 6) is 0. The number of amides is 1. The summed E-state index contributed by atoms with van der Waals surface area (Å²) < 4.78 is 4.95. The second-order valence-electron chi connectivity index (χ2n) is 5.06. The van der Waals surface area contributed by atoms with E-state index in [1.807, 2.05) is 19.1 Å². The number of hydrogen-bond donors (Lipinski definition) is 1. The minimum Gasteiger partial charge on any atom is -0.449 e. The topological polar surface area (TPSA) is 81.5 Å². The summed E-state index contributed by atoms with van der Waals surface area (Å²) in [6.45, 7) is 2.32. The molecule has 1 amide bonds. The van der Waals surface area contributed by atoms with Gasteiger partial charge in [-0.2, -0.15) is 0 Å². The van der Waals surface area contributed by atoms with Crippen molar-refractivity contribution in [2.45, 2.75) is 19.8 Å². The maximum Gasteiger partial charge on any atom is 0.411 e. The van der Waals surface area contributed by atoms with Crippen LogP contribution in [0.2, 0.25) is 0 Å². The Labute approximate surface area is 134 Å². The Morgan fingerprint density at radius 3 is 2.17 bits per heavy atom. The van der Waals surface area contributed by atoms with Gasteiger partial charge in [-0.05, 0) is 36.1 Å². The van der Waals surface area contributed by atoms with Crippen LogP contribution in [-0.2, 0) is 11.2 Å². The second-order valence-corrected chi connectivity index (χ2v) is 5.06. The molecule has 2 aromatic carbocycles. The molecular weight excluding hydrogens is 296 g/mol. The van der Waals surface area contributed by atoms with E-state index >= 15 is 0 Å². The molecular formula is C17H18N2O4. The van der Waals surface area contributed by atoms with Gasteiger partial charge in [0.05, 0.1) is 11.5 Å². The highest BCUT2D eigenvalue weighted by molar-refractivity contribution is 5.84. The van der Waals surface area contributed by atoms with E-state index in [0.29, 0.717) is 18.7 Å². The number of nitro benzene ring substituents is 1. The van der Waals surface area contributed by atoms with E-state index in [9.17, 15) is 14.9 Å². The number of anilines is 1. The monoisotopic (exact) mass is 314 g/mol. The molecule has 0 saturated heterocycles. The van der Waals surface area contributed by atoms with Gasteiger partial charge in [0.2, 0.25) is 0 Å². The van der Waals surface area contributed by atoms with Crippen LogP contribution in [0.15, 0.2) is 48.5 Å². The van der Waals surface area contributed by atoms with E-state index in [2.05, 4.69) is 5.32 Å². The van der Waals surface area contributed by atoms with Gasteiger partial charge in [0.1, 0.15) is 0 Å². The third-order valence-corrected chi connectivity index (χ3v) is 3.19. The normalized spacial score (nSPS) is 10.1. The lowest BCUT2D eigenvalue weighted by Crippen LogP contribution is -2.13. The van der Waals surface area contributed by atoms with Crippen LogP contribution in [-0.4, -0.2) is 17.6 Å². The van der Waals surface area contributed by atoms with Crippen LogP contribution in [0.3, 0.4) is 0 Å². The summed E-state index contributed by atoms with van der Waals surface area (Å²) in [5.41, 5.74) is 2.78. The molecule has 0 aliphatic carbocycles. The first-order valence-corrected chi connectivity index (χ1v) is 7.34. The lowest BCUT2D eigenvalue weighted by Gasteiger charge is -2.07. The lowest BCUT2D eigenvalue weighted by molar-refractivity contribution is -0.384. The SMILES string of the molecule is CCCOC(=O)Nc1ccc(Cc2ccc([N+](=O)[O-])cc2)cc1. The molecule has 0 spiro atoms. The van der Waals surface area contributed by atoms with Crippen LogP contribution >= 0.6 is 0 Å². The smallest absolute Gasteiger partial charge is 0.411 e. The van der Waals surface area contributed by atoms with Gasteiger partial charge < -0.3 is 4.74 Å². The highest BCUT2D eigenvalue weighted by Crippen LogP contribution is 2.17. The van der Waals surface area contributed by atoms with Crippen LogP contribution in [0.5, 0.6) is 0 Å². The number of hydrogen-bond acceptors (Lipinski definition) is 4. The molecule has 6 nitrogen and oxygen atoms in total. The van der Waals surface area contributed by atoms with Crippen molar-refractivity contribution < 1.29 is 14.5 Å². The summed E-state index contributed by atoms with van der Waals surface area (Å²) in [6.07, 6.45) is 0.982. The molecule has 0 aliphatic heterocycles. The number of carbonyl (C=O) groups is 1. The summed E-state index contributed by atoms with van der Waals surface area (Å²) in [7, 11) is 0. The Morgan fingerprint density at radius 1 is 1.09 bits per heavy atom. The second kappa shape index (κ2) is 7.93. The number of nitrogens with one attached hydrogen (secondary N) is 1. The first kappa shape index (κ1) is 16.5. The molecule has 1 N–H and O–H groups in total. The fourth-order valence-electron chi connectivity index (χ4n) is 2.03. The first-order chi connectivity index (χ1) is 11.1. The van der Waals surface area contributed by atoms with E-state index in [-0.39, 0.29) is 5.69 Å². The van der Waals surface area contributed by atoms with Crippen molar-refractivity contribution in [1.29, 1.82) is 0 Å². The van der Waals surface area contributed by atoms with Crippen molar-refractivity contribution in [3.8, 4) is 0 Å². The molecule has 23 heavy (non-hydrogen) atoms. The standard InChI is InChI=1S/C17H18N2O4/c1-2-11-23-17(20)18-15-7-3-13(4-8-15)12-14-5-9-16(10-6-14)19(21)22/h3-10H,2,11-12H2,1H3,(H,18,20). The van der Waals surface area contributed by atoms with Crippen molar-refractivity contribution in [3.05, 3.63) is 69.8 Å². The highest BCUT2D eigenvalue weighted by Gasteiger charge is 2.05. The molecule has 0 heterocycles. The number of rotatable bonds is 6. The molecule has 0 radical (unpaired) electrons.